The summed E-state index contributed by atoms with van der Waals surface area (Å²) in [6.45, 7) is 2.63. The topological polar surface area (TPSA) is 75.5 Å². The van der Waals surface area contributed by atoms with Crippen molar-refractivity contribution in [3.8, 4) is 17.6 Å². The number of hydrogen-bond acceptors (Lipinski definition) is 5. The molecule has 0 spiro atoms. The van der Waals surface area contributed by atoms with E-state index in [9.17, 15) is 5.11 Å². The Morgan fingerprint density at radius 3 is 2.81 bits per heavy atom. The van der Waals surface area contributed by atoms with Gasteiger partial charge in [0.2, 0.25) is 5.88 Å². The van der Waals surface area contributed by atoms with Gasteiger partial charge in [-0.3, -0.25) is 0 Å². The Labute approximate surface area is 92.3 Å². The Morgan fingerprint density at radius 2 is 2.06 bits per heavy atom. The number of benzene rings is 1. The lowest BCUT2D eigenvalue weighted by Crippen LogP contribution is -1.95. The van der Waals surface area contributed by atoms with Crippen molar-refractivity contribution in [2.24, 2.45) is 0 Å². The zero-order chi connectivity index (χ0) is 11.5. The summed E-state index contributed by atoms with van der Waals surface area (Å²) in [4.78, 5) is 7.25. The van der Waals surface area contributed by atoms with E-state index in [0.717, 1.165) is 6.42 Å². The first-order valence-electron chi connectivity index (χ1n) is 5.03. The largest absolute Gasteiger partial charge is 0.494 e. The van der Waals surface area contributed by atoms with Gasteiger partial charge in [0.1, 0.15) is 5.75 Å². The van der Waals surface area contributed by atoms with Crippen LogP contribution in [-0.2, 0) is 0 Å². The summed E-state index contributed by atoms with van der Waals surface area (Å²) in [6.07, 6.45) is 0.913. The minimum absolute atomic E-state index is 0.246. The van der Waals surface area contributed by atoms with Crippen molar-refractivity contribution in [2.45, 2.75) is 13.3 Å². The molecule has 84 valence electrons. The van der Waals surface area contributed by atoms with E-state index < -0.39 is 6.01 Å². The van der Waals surface area contributed by atoms with Gasteiger partial charge < -0.3 is 14.9 Å². The van der Waals surface area contributed by atoms with Gasteiger partial charge in [-0.05, 0) is 24.6 Å². The summed E-state index contributed by atoms with van der Waals surface area (Å²) >= 11 is 0. The Morgan fingerprint density at radius 1 is 1.25 bits per heavy atom. The predicted octanol–water partition coefficient (Wildman–Crippen LogP) is 1.83. The average molecular weight is 220 g/mol. The van der Waals surface area contributed by atoms with Crippen LogP contribution >= 0.6 is 0 Å². The third-order valence-electron chi connectivity index (χ3n) is 2.11. The van der Waals surface area contributed by atoms with Crippen LogP contribution < -0.4 is 4.74 Å². The number of nitrogens with zero attached hydrogens (tertiary/aromatic N) is 2. The molecule has 2 aromatic rings. The molecule has 0 amide bonds. The summed E-state index contributed by atoms with van der Waals surface area (Å²) in [5, 5.41) is 19.1. The molecule has 0 saturated heterocycles. The van der Waals surface area contributed by atoms with Crippen LogP contribution in [0, 0.1) is 0 Å². The first-order chi connectivity index (χ1) is 7.70. The van der Waals surface area contributed by atoms with Crippen LogP contribution in [0.15, 0.2) is 18.2 Å². The quantitative estimate of drug-likeness (QED) is 0.825. The smallest absolute Gasteiger partial charge is 0.317 e. The molecule has 2 rings (SSSR count). The first kappa shape index (κ1) is 10.5. The Hall–Kier alpha value is -2.04. The maximum absolute atomic E-state index is 9.54. The first-order valence-corrected chi connectivity index (χ1v) is 5.03. The predicted molar refractivity (Wildman–Crippen MR) is 58.7 cm³/mol. The number of hydrogen-bond donors (Lipinski definition) is 2. The van der Waals surface area contributed by atoms with Gasteiger partial charge in [-0.2, -0.15) is 9.97 Å². The third-order valence-corrected chi connectivity index (χ3v) is 2.11. The van der Waals surface area contributed by atoms with Gasteiger partial charge in [0.15, 0.2) is 0 Å². The van der Waals surface area contributed by atoms with E-state index in [0.29, 0.717) is 23.3 Å². The molecular weight excluding hydrogens is 208 g/mol. The standard InChI is InChI=1S/C11H12N2O3/c1-2-5-16-7-3-4-9-8(6-7)10(14)13-11(15)12-9/h3-4,6H,2,5H2,1H3,(H2,12,13,14,15). The second kappa shape index (κ2) is 4.22. The van der Waals surface area contributed by atoms with E-state index in [1.54, 1.807) is 18.2 Å². The second-order valence-electron chi connectivity index (χ2n) is 3.37. The van der Waals surface area contributed by atoms with E-state index in [1.165, 1.54) is 0 Å². The van der Waals surface area contributed by atoms with Crippen molar-refractivity contribution in [1.82, 2.24) is 9.97 Å². The Bertz CT molecular complexity index is 514. The third kappa shape index (κ3) is 1.98. The van der Waals surface area contributed by atoms with Crippen molar-refractivity contribution >= 4 is 10.9 Å². The van der Waals surface area contributed by atoms with Crippen molar-refractivity contribution in [3.63, 3.8) is 0 Å². The van der Waals surface area contributed by atoms with Crippen LogP contribution in [0.4, 0.5) is 0 Å². The minimum Gasteiger partial charge on any atom is -0.494 e. The molecule has 0 unspecified atom stereocenters. The molecule has 2 N–H and O–H groups in total. The van der Waals surface area contributed by atoms with Gasteiger partial charge in [0.25, 0.3) is 0 Å². The second-order valence-corrected chi connectivity index (χ2v) is 3.37. The molecule has 16 heavy (non-hydrogen) atoms. The molecule has 0 aliphatic carbocycles. The zero-order valence-corrected chi connectivity index (χ0v) is 8.84. The van der Waals surface area contributed by atoms with Crippen LogP contribution in [0.5, 0.6) is 17.6 Å². The van der Waals surface area contributed by atoms with E-state index >= 15 is 0 Å². The van der Waals surface area contributed by atoms with Crippen LogP contribution in [0.3, 0.4) is 0 Å². The number of rotatable bonds is 3. The number of aromatic nitrogens is 2. The molecule has 0 radical (unpaired) electrons. The summed E-state index contributed by atoms with van der Waals surface area (Å²) in [5.74, 6) is 0.406. The lowest BCUT2D eigenvalue weighted by molar-refractivity contribution is 0.317. The molecule has 0 aliphatic rings. The van der Waals surface area contributed by atoms with E-state index in [-0.39, 0.29) is 5.88 Å². The molecule has 1 aromatic carbocycles. The molecule has 0 saturated carbocycles. The van der Waals surface area contributed by atoms with Crippen molar-refractivity contribution in [2.75, 3.05) is 6.61 Å². The fourth-order valence-electron chi connectivity index (χ4n) is 1.39. The monoisotopic (exact) mass is 220 g/mol. The Balaban J connectivity index is 2.45. The summed E-state index contributed by atoms with van der Waals surface area (Å²) in [7, 11) is 0. The minimum atomic E-state index is -0.438. The molecule has 0 fully saturated rings. The summed E-state index contributed by atoms with van der Waals surface area (Å²) in [6, 6.07) is 4.62. The maximum atomic E-state index is 9.54. The van der Waals surface area contributed by atoms with E-state index in [1.807, 2.05) is 6.92 Å². The number of fused-ring (bicyclic) bond motifs is 1. The molecule has 1 aromatic heterocycles. The van der Waals surface area contributed by atoms with Gasteiger partial charge >= 0.3 is 6.01 Å². The van der Waals surface area contributed by atoms with Crippen molar-refractivity contribution < 1.29 is 14.9 Å². The highest BCUT2D eigenvalue weighted by Gasteiger charge is 2.06. The van der Waals surface area contributed by atoms with Gasteiger partial charge in [0.05, 0.1) is 17.5 Å². The molecule has 5 heteroatoms. The summed E-state index contributed by atoms with van der Waals surface area (Å²) in [5.41, 5.74) is 0.480. The van der Waals surface area contributed by atoms with Crippen LogP contribution in [0.25, 0.3) is 10.9 Å². The highest BCUT2D eigenvalue weighted by atomic mass is 16.5. The van der Waals surface area contributed by atoms with Crippen LogP contribution in [0.2, 0.25) is 0 Å². The van der Waals surface area contributed by atoms with E-state index in [2.05, 4.69) is 9.97 Å². The highest BCUT2D eigenvalue weighted by Crippen LogP contribution is 2.27. The lowest BCUT2D eigenvalue weighted by atomic mass is 10.2. The zero-order valence-electron chi connectivity index (χ0n) is 8.84. The molecular formula is C11H12N2O3. The van der Waals surface area contributed by atoms with Gasteiger partial charge in [0, 0.05) is 0 Å². The number of aromatic hydroxyl groups is 2. The van der Waals surface area contributed by atoms with Crippen LogP contribution in [0.1, 0.15) is 13.3 Å². The Kier molecular flexibility index (Phi) is 2.76. The fraction of sp³-hybridized carbons (Fsp3) is 0.273. The van der Waals surface area contributed by atoms with Crippen molar-refractivity contribution in [1.29, 1.82) is 0 Å². The summed E-state index contributed by atoms with van der Waals surface area (Å²) < 4.78 is 5.42. The van der Waals surface area contributed by atoms with Gasteiger partial charge in [-0.15, -0.1) is 0 Å². The highest BCUT2D eigenvalue weighted by molar-refractivity contribution is 5.84. The average Bonchev–Trinajstić information content (AvgIpc) is 2.26. The lowest BCUT2D eigenvalue weighted by Gasteiger charge is -2.06. The number of ether oxygens (including phenoxy) is 1. The molecule has 0 aliphatic heterocycles. The SMILES string of the molecule is CCCOc1ccc2nc(O)nc(O)c2c1. The molecule has 0 bridgehead atoms. The fourth-order valence-corrected chi connectivity index (χ4v) is 1.39. The molecule has 0 atom stereocenters. The van der Waals surface area contributed by atoms with Gasteiger partial charge in [-0.1, -0.05) is 6.92 Å². The van der Waals surface area contributed by atoms with E-state index in [4.69, 9.17) is 9.84 Å². The molecule has 5 nitrogen and oxygen atoms in total. The van der Waals surface area contributed by atoms with Gasteiger partial charge in [-0.25, -0.2) is 0 Å². The van der Waals surface area contributed by atoms with Crippen molar-refractivity contribution in [3.05, 3.63) is 18.2 Å². The van der Waals surface area contributed by atoms with Crippen LogP contribution in [-0.4, -0.2) is 26.8 Å². The normalized spacial score (nSPS) is 10.6. The maximum Gasteiger partial charge on any atom is 0.317 e. The molecule has 1 heterocycles.